The Hall–Kier alpha value is -2.56. The molecule has 1 aliphatic rings. The lowest BCUT2D eigenvalue weighted by Gasteiger charge is -2.39. The van der Waals surface area contributed by atoms with Crippen LogP contribution in [-0.4, -0.2) is 22.3 Å². The van der Waals surface area contributed by atoms with Crippen molar-refractivity contribution in [3.8, 4) is 0 Å². The molecule has 1 saturated carbocycles. The molecular formula is C21H26N2O3. The third kappa shape index (κ3) is 3.39. The van der Waals surface area contributed by atoms with Crippen LogP contribution in [-0.2, 0) is 16.1 Å². The normalized spacial score (nSPS) is 15.7. The second kappa shape index (κ2) is 7.36. The van der Waals surface area contributed by atoms with Gasteiger partial charge in [-0.1, -0.05) is 31.0 Å². The van der Waals surface area contributed by atoms with Gasteiger partial charge in [-0.25, -0.2) is 0 Å². The maximum Gasteiger partial charge on any atom is 0.250 e. The van der Waals surface area contributed by atoms with Crippen molar-refractivity contribution < 1.29 is 14.0 Å². The number of carbonyl (C=O) groups is 2. The van der Waals surface area contributed by atoms with E-state index >= 15 is 0 Å². The Balaban J connectivity index is 1.92. The van der Waals surface area contributed by atoms with Crippen LogP contribution < -0.4 is 5.32 Å². The minimum absolute atomic E-state index is 0.103. The first kappa shape index (κ1) is 18.2. The monoisotopic (exact) mass is 354 g/mol. The van der Waals surface area contributed by atoms with E-state index < -0.39 is 5.54 Å². The summed E-state index contributed by atoms with van der Waals surface area (Å²) in [4.78, 5) is 27.5. The van der Waals surface area contributed by atoms with Gasteiger partial charge in [0.15, 0.2) is 0 Å². The zero-order valence-electron chi connectivity index (χ0n) is 15.7. The molecule has 1 aliphatic carbocycles. The van der Waals surface area contributed by atoms with Crippen molar-refractivity contribution in [3.63, 3.8) is 0 Å². The van der Waals surface area contributed by atoms with Gasteiger partial charge in [0.1, 0.15) is 11.3 Å². The Kier molecular flexibility index (Phi) is 5.16. The van der Waals surface area contributed by atoms with E-state index in [1.807, 2.05) is 38.1 Å². The standard InChI is InChI=1S/C21H26N2O3/c1-15-8-6-9-16(2)19(15)22-20(25)21(11-4-5-12-21)23(17(3)24)14-18-10-7-13-26-18/h6-10,13H,4-5,11-12,14H2,1-3H3,(H,22,25). The van der Waals surface area contributed by atoms with Crippen molar-refractivity contribution in [1.82, 2.24) is 4.90 Å². The highest BCUT2D eigenvalue weighted by atomic mass is 16.3. The highest BCUT2D eigenvalue weighted by Crippen LogP contribution is 2.38. The van der Waals surface area contributed by atoms with Crippen LogP contribution in [0.15, 0.2) is 41.0 Å². The second-order valence-electron chi connectivity index (χ2n) is 7.14. The SMILES string of the molecule is CC(=O)N(Cc1ccco1)C1(C(=O)Nc2c(C)cccc2C)CCCC1. The van der Waals surface area contributed by atoms with Crippen molar-refractivity contribution in [2.24, 2.45) is 0 Å². The number of furan rings is 1. The number of rotatable bonds is 5. The summed E-state index contributed by atoms with van der Waals surface area (Å²) >= 11 is 0. The summed E-state index contributed by atoms with van der Waals surface area (Å²) in [5.41, 5.74) is 2.05. The fourth-order valence-electron chi connectivity index (χ4n) is 3.94. The van der Waals surface area contributed by atoms with Gasteiger partial charge in [0.2, 0.25) is 11.8 Å². The van der Waals surface area contributed by atoms with Gasteiger partial charge in [0.25, 0.3) is 0 Å². The number of nitrogens with one attached hydrogen (secondary N) is 1. The minimum atomic E-state index is -0.826. The van der Waals surface area contributed by atoms with Crippen molar-refractivity contribution in [3.05, 3.63) is 53.5 Å². The number of amides is 2. The zero-order valence-corrected chi connectivity index (χ0v) is 15.7. The Bertz CT molecular complexity index is 769. The molecule has 0 bridgehead atoms. The van der Waals surface area contributed by atoms with Crippen LogP contribution in [0.3, 0.4) is 0 Å². The number of para-hydroxylation sites is 1. The minimum Gasteiger partial charge on any atom is -0.467 e. The predicted molar refractivity (Wildman–Crippen MR) is 101 cm³/mol. The molecule has 0 aliphatic heterocycles. The summed E-state index contributed by atoms with van der Waals surface area (Å²) in [7, 11) is 0. The summed E-state index contributed by atoms with van der Waals surface area (Å²) in [5.74, 6) is 0.473. The molecule has 5 nitrogen and oxygen atoms in total. The lowest BCUT2D eigenvalue weighted by Crippen LogP contribution is -2.56. The van der Waals surface area contributed by atoms with E-state index in [2.05, 4.69) is 5.32 Å². The number of nitrogens with zero attached hydrogens (tertiary/aromatic N) is 1. The van der Waals surface area contributed by atoms with Crippen molar-refractivity contribution in [1.29, 1.82) is 0 Å². The molecule has 2 aromatic rings. The lowest BCUT2D eigenvalue weighted by molar-refractivity contribution is -0.145. The fourth-order valence-corrected chi connectivity index (χ4v) is 3.94. The smallest absolute Gasteiger partial charge is 0.250 e. The zero-order chi connectivity index (χ0) is 18.7. The first-order valence-corrected chi connectivity index (χ1v) is 9.12. The molecule has 0 atom stereocenters. The molecule has 0 spiro atoms. The molecule has 2 amide bonds. The quantitative estimate of drug-likeness (QED) is 0.875. The van der Waals surface area contributed by atoms with Gasteiger partial charge < -0.3 is 14.6 Å². The Morgan fingerprint density at radius 1 is 1.12 bits per heavy atom. The average molecular weight is 354 g/mol. The van der Waals surface area contributed by atoms with Gasteiger partial charge >= 0.3 is 0 Å². The van der Waals surface area contributed by atoms with Gasteiger partial charge in [-0.3, -0.25) is 9.59 Å². The molecule has 26 heavy (non-hydrogen) atoms. The molecule has 5 heteroatoms. The van der Waals surface area contributed by atoms with Crippen LogP contribution in [0.5, 0.6) is 0 Å². The number of hydrogen-bond acceptors (Lipinski definition) is 3. The Labute approximate surface area is 154 Å². The third-order valence-corrected chi connectivity index (χ3v) is 5.36. The molecule has 138 valence electrons. The molecule has 3 rings (SSSR count). The van der Waals surface area contributed by atoms with Gasteiger partial charge in [-0.2, -0.15) is 0 Å². The fraction of sp³-hybridized carbons (Fsp3) is 0.429. The highest BCUT2D eigenvalue weighted by molar-refractivity contribution is 6.01. The van der Waals surface area contributed by atoms with E-state index in [9.17, 15) is 9.59 Å². The van der Waals surface area contributed by atoms with Crippen LogP contribution in [0.1, 0.15) is 49.5 Å². The van der Waals surface area contributed by atoms with Crippen LogP contribution in [0, 0.1) is 13.8 Å². The van der Waals surface area contributed by atoms with Gasteiger partial charge in [-0.05, 0) is 49.9 Å². The first-order chi connectivity index (χ1) is 12.4. The van der Waals surface area contributed by atoms with E-state index in [0.29, 0.717) is 25.1 Å². The number of hydrogen-bond donors (Lipinski definition) is 1. The molecule has 1 heterocycles. The molecule has 0 unspecified atom stereocenters. The number of aryl methyl sites for hydroxylation is 2. The van der Waals surface area contributed by atoms with E-state index in [4.69, 9.17) is 4.42 Å². The predicted octanol–water partition coefficient (Wildman–Crippen LogP) is 4.20. The third-order valence-electron chi connectivity index (χ3n) is 5.36. The summed E-state index contributed by atoms with van der Waals surface area (Å²) in [5, 5.41) is 3.11. The molecule has 1 aromatic heterocycles. The van der Waals surface area contributed by atoms with Crippen LogP contribution in [0.2, 0.25) is 0 Å². The Morgan fingerprint density at radius 2 is 1.77 bits per heavy atom. The molecular weight excluding hydrogens is 328 g/mol. The highest BCUT2D eigenvalue weighted by Gasteiger charge is 2.47. The van der Waals surface area contributed by atoms with E-state index in [0.717, 1.165) is 29.7 Å². The summed E-state index contributed by atoms with van der Waals surface area (Å²) in [6.45, 7) is 5.79. The van der Waals surface area contributed by atoms with Crippen LogP contribution in [0.4, 0.5) is 5.69 Å². The lowest BCUT2D eigenvalue weighted by atomic mass is 9.92. The molecule has 0 saturated heterocycles. The van der Waals surface area contributed by atoms with Gasteiger partial charge in [0.05, 0.1) is 12.8 Å². The maximum absolute atomic E-state index is 13.4. The van der Waals surface area contributed by atoms with Crippen molar-refractivity contribution >= 4 is 17.5 Å². The molecule has 1 fully saturated rings. The van der Waals surface area contributed by atoms with E-state index in [-0.39, 0.29) is 11.8 Å². The molecule has 0 radical (unpaired) electrons. The maximum atomic E-state index is 13.4. The van der Waals surface area contributed by atoms with Crippen LogP contribution in [0.25, 0.3) is 0 Å². The molecule has 1 N–H and O–H groups in total. The van der Waals surface area contributed by atoms with Crippen LogP contribution >= 0.6 is 0 Å². The largest absolute Gasteiger partial charge is 0.467 e. The van der Waals surface area contributed by atoms with E-state index in [1.165, 1.54) is 6.92 Å². The summed E-state index contributed by atoms with van der Waals surface area (Å²) < 4.78 is 5.43. The topological polar surface area (TPSA) is 62.6 Å². The number of benzene rings is 1. The number of carbonyl (C=O) groups excluding carboxylic acids is 2. The first-order valence-electron chi connectivity index (χ1n) is 9.12. The van der Waals surface area contributed by atoms with Gasteiger partial charge in [-0.15, -0.1) is 0 Å². The van der Waals surface area contributed by atoms with Crippen molar-refractivity contribution in [2.75, 3.05) is 5.32 Å². The number of anilines is 1. The molecule has 1 aromatic carbocycles. The average Bonchev–Trinajstić information content (AvgIpc) is 3.27. The summed E-state index contributed by atoms with van der Waals surface area (Å²) in [6, 6.07) is 9.57. The Morgan fingerprint density at radius 3 is 2.31 bits per heavy atom. The van der Waals surface area contributed by atoms with Crippen molar-refractivity contribution in [2.45, 2.75) is 58.5 Å². The van der Waals surface area contributed by atoms with Gasteiger partial charge in [0, 0.05) is 12.6 Å². The second-order valence-corrected chi connectivity index (χ2v) is 7.14. The summed E-state index contributed by atoms with van der Waals surface area (Å²) in [6.07, 6.45) is 4.80. The van der Waals surface area contributed by atoms with E-state index in [1.54, 1.807) is 17.2 Å².